The summed E-state index contributed by atoms with van der Waals surface area (Å²) in [6.45, 7) is 3.02. The number of aromatic nitrogens is 2. The summed E-state index contributed by atoms with van der Waals surface area (Å²) in [7, 11) is 2.02. The van der Waals surface area contributed by atoms with Gasteiger partial charge in [0, 0.05) is 26.0 Å². The summed E-state index contributed by atoms with van der Waals surface area (Å²) in [5.74, 6) is 0.656. The lowest BCUT2D eigenvalue weighted by atomic mass is 9.80. The zero-order valence-corrected chi connectivity index (χ0v) is 13.0. The summed E-state index contributed by atoms with van der Waals surface area (Å²) in [5.41, 5.74) is 1.15. The van der Waals surface area contributed by atoms with Crippen LogP contribution in [0.25, 0.3) is 0 Å². The Morgan fingerprint density at radius 1 is 1.29 bits per heavy atom. The first-order chi connectivity index (χ1) is 10.1. The van der Waals surface area contributed by atoms with E-state index in [4.69, 9.17) is 5.11 Å². The first-order valence-electron chi connectivity index (χ1n) is 7.85. The molecule has 0 amide bonds. The minimum atomic E-state index is -0.630. The van der Waals surface area contributed by atoms with E-state index in [-0.39, 0.29) is 5.92 Å². The van der Waals surface area contributed by atoms with Crippen molar-refractivity contribution in [2.24, 2.45) is 11.8 Å². The van der Waals surface area contributed by atoms with E-state index in [0.717, 1.165) is 56.6 Å². The number of rotatable bonds is 6. The van der Waals surface area contributed by atoms with Gasteiger partial charge < -0.3 is 10.0 Å². The van der Waals surface area contributed by atoms with Crippen molar-refractivity contribution in [1.29, 1.82) is 0 Å². The lowest BCUT2D eigenvalue weighted by molar-refractivity contribution is -0.143. The predicted octanol–water partition coefficient (Wildman–Crippen LogP) is 2.76. The van der Waals surface area contributed by atoms with Crippen LogP contribution in [0.15, 0.2) is 12.4 Å². The lowest BCUT2D eigenvalue weighted by Crippen LogP contribution is -2.26. The number of carboxylic acids is 1. The van der Waals surface area contributed by atoms with Gasteiger partial charge in [-0.3, -0.25) is 4.79 Å². The van der Waals surface area contributed by atoms with Gasteiger partial charge in [0.15, 0.2) is 0 Å². The monoisotopic (exact) mass is 291 g/mol. The molecule has 2 rings (SSSR count). The molecule has 0 saturated heterocycles. The molecule has 0 bridgehead atoms. The van der Waals surface area contributed by atoms with Crippen molar-refractivity contribution < 1.29 is 9.90 Å². The SMILES string of the molecule is CCc1cnc(N(C)CC[C@H]2CC[C@H](C(=O)O)CC2)nc1. The highest BCUT2D eigenvalue weighted by molar-refractivity contribution is 5.69. The van der Waals surface area contributed by atoms with Gasteiger partial charge in [0.25, 0.3) is 0 Å². The molecule has 1 aromatic heterocycles. The van der Waals surface area contributed by atoms with Crippen LogP contribution in [0, 0.1) is 11.8 Å². The van der Waals surface area contributed by atoms with Crippen molar-refractivity contribution >= 4 is 11.9 Å². The molecule has 1 aliphatic carbocycles. The van der Waals surface area contributed by atoms with Gasteiger partial charge in [-0.15, -0.1) is 0 Å². The molecular formula is C16H25N3O2. The maximum atomic E-state index is 10.9. The molecule has 1 aliphatic rings. The second kappa shape index (κ2) is 7.38. The second-order valence-corrected chi connectivity index (χ2v) is 6.01. The Morgan fingerprint density at radius 3 is 2.43 bits per heavy atom. The number of nitrogens with zero attached hydrogens (tertiary/aromatic N) is 3. The minimum absolute atomic E-state index is 0.121. The van der Waals surface area contributed by atoms with Crippen molar-refractivity contribution in [3.8, 4) is 0 Å². The molecule has 1 N–H and O–H groups in total. The van der Waals surface area contributed by atoms with Crippen molar-refractivity contribution in [2.75, 3.05) is 18.5 Å². The van der Waals surface area contributed by atoms with Crippen LogP contribution in [-0.4, -0.2) is 34.6 Å². The number of aryl methyl sites for hydroxylation is 1. The lowest BCUT2D eigenvalue weighted by Gasteiger charge is -2.27. The van der Waals surface area contributed by atoms with Crippen LogP contribution in [0.1, 0.15) is 44.6 Å². The quantitative estimate of drug-likeness (QED) is 0.873. The molecule has 0 aliphatic heterocycles. The smallest absolute Gasteiger partial charge is 0.306 e. The molecule has 0 radical (unpaired) electrons. The maximum absolute atomic E-state index is 10.9. The van der Waals surface area contributed by atoms with Crippen LogP contribution in [0.5, 0.6) is 0 Å². The largest absolute Gasteiger partial charge is 0.481 e. The summed E-state index contributed by atoms with van der Waals surface area (Å²) in [6.07, 6.45) is 9.52. The van der Waals surface area contributed by atoms with Crippen molar-refractivity contribution in [2.45, 2.75) is 45.4 Å². The van der Waals surface area contributed by atoms with E-state index >= 15 is 0 Å². The van der Waals surface area contributed by atoms with Crippen LogP contribution in [0.2, 0.25) is 0 Å². The Labute approximate surface area is 126 Å². The number of carboxylic acid groups (broad SMARTS) is 1. The summed E-state index contributed by atoms with van der Waals surface area (Å²) in [6, 6.07) is 0. The van der Waals surface area contributed by atoms with Gasteiger partial charge in [-0.05, 0) is 50.0 Å². The minimum Gasteiger partial charge on any atom is -0.481 e. The van der Waals surface area contributed by atoms with Crippen LogP contribution in [0.3, 0.4) is 0 Å². The number of carbonyl (C=O) groups is 1. The molecular weight excluding hydrogens is 266 g/mol. The molecule has 1 aromatic rings. The Hall–Kier alpha value is -1.65. The van der Waals surface area contributed by atoms with E-state index in [1.807, 2.05) is 19.4 Å². The van der Waals surface area contributed by atoms with E-state index < -0.39 is 5.97 Å². The van der Waals surface area contributed by atoms with Crippen molar-refractivity contribution in [3.05, 3.63) is 18.0 Å². The number of hydrogen-bond acceptors (Lipinski definition) is 4. The predicted molar refractivity (Wildman–Crippen MR) is 82.4 cm³/mol. The van der Waals surface area contributed by atoms with Gasteiger partial charge in [0.1, 0.15) is 0 Å². The summed E-state index contributed by atoms with van der Waals surface area (Å²) < 4.78 is 0. The summed E-state index contributed by atoms with van der Waals surface area (Å²) in [4.78, 5) is 21.8. The van der Waals surface area contributed by atoms with Gasteiger partial charge >= 0.3 is 5.97 Å². The zero-order valence-electron chi connectivity index (χ0n) is 13.0. The average Bonchev–Trinajstić information content (AvgIpc) is 2.53. The molecule has 0 atom stereocenters. The van der Waals surface area contributed by atoms with E-state index in [1.54, 1.807) is 0 Å². The van der Waals surface area contributed by atoms with Crippen LogP contribution < -0.4 is 4.90 Å². The third-order valence-electron chi connectivity index (χ3n) is 4.51. The van der Waals surface area contributed by atoms with Crippen LogP contribution in [0.4, 0.5) is 5.95 Å². The Balaban J connectivity index is 1.76. The van der Waals surface area contributed by atoms with E-state index in [0.29, 0.717) is 5.92 Å². The fraction of sp³-hybridized carbons (Fsp3) is 0.688. The molecule has 5 nitrogen and oxygen atoms in total. The Bertz CT molecular complexity index is 453. The Kier molecular flexibility index (Phi) is 5.53. The number of hydrogen-bond donors (Lipinski definition) is 1. The van der Waals surface area contributed by atoms with Gasteiger partial charge in [-0.2, -0.15) is 0 Å². The standard InChI is InChI=1S/C16H25N3O2/c1-3-12-10-17-16(18-11-12)19(2)9-8-13-4-6-14(7-5-13)15(20)21/h10-11,13-14H,3-9H2,1-2H3,(H,20,21)/t13-,14-. The molecule has 21 heavy (non-hydrogen) atoms. The normalized spacial score (nSPS) is 22.0. The molecule has 1 fully saturated rings. The highest BCUT2D eigenvalue weighted by Crippen LogP contribution is 2.31. The van der Waals surface area contributed by atoms with Crippen molar-refractivity contribution in [3.63, 3.8) is 0 Å². The van der Waals surface area contributed by atoms with Crippen LogP contribution in [-0.2, 0) is 11.2 Å². The number of aliphatic carboxylic acids is 1. The molecule has 0 unspecified atom stereocenters. The molecule has 1 heterocycles. The Morgan fingerprint density at radius 2 is 1.90 bits per heavy atom. The molecule has 0 spiro atoms. The molecule has 116 valence electrons. The van der Waals surface area contributed by atoms with Crippen molar-refractivity contribution in [1.82, 2.24) is 9.97 Å². The van der Waals surface area contributed by atoms with Gasteiger partial charge in [-0.25, -0.2) is 9.97 Å². The summed E-state index contributed by atoms with van der Waals surface area (Å²) >= 11 is 0. The van der Waals surface area contributed by atoms with Gasteiger partial charge in [0.05, 0.1) is 5.92 Å². The van der Waals surface area contributed by atoms with Crippen LogP contribution >= 0.6 is 0 Å². The third-order valence-corrected chi connectivity index (χ3v) is 4.51. The molecule has 1 saturated carbocycles. The highest BCUT2D eigenvalue weighted by Gasteiger charge is 2.25. The van der Waals surface area contributed by atoms with Gasteiger partial charge in [0.2, 0.25) is 5.95 Å². The summed E-state index contributed by atoms with van der Waals surface area (Å²) in [5, 5.41) is 9.01. The third kappa shape index (κ3) is 4.41. The highest BCUT2D eigenvalue weighted by atomic mass is 16.4. The maximum Gasteiger partial charge on any atom is 0.306 e. The number of anilines is 1. The first-order valence-corrected chi connectivity index (χ1v) is 7.85. The van der Waals surface area contributed by atoms with Gasteiger partial charge in [-0.1, -0.05) is 6.92 Å². The fourth-order valence-electron chi connectivity index (χ4n) is 2.90. The van der Waals surface area contributed by atoms with E-state index in [1.165, 1.54) is 0 Å². The molecule has 5 heteroatoms. The second-order valence-electron chi connectivity index (χ2n) is 6.01. The van der Waals surface area contributed by atoms with E-state index in [2.05, 4.69) is 21.8 Å². The van der Waals surface area contributed by atoms with E-state index in [9.17, 15) is 4.79 Å². The zero-order chi connectivity index (χ0) is 15.2. The first kappa shape index (κ1) is 15.7. The average molecular weight is 291 g/mol. The fourth-order valence-corrected chi connectivity index (χ4v) is 2.90. The molecule has 0 aromatic carbocycles. The topological polar surface area (TPSA) is 66.3 Å².